The summed E-state index contributed by atoms with van der Waals surface area (Å²) in [7, 11) is 4.52. The van der Waals surface area contributed by atoms with Crippen molar-refractivity contribution in [1.82, 2.24) is 20.2 Å². The van der Waals surface area contributed by atoms with Crippen LogP contribution in [-0.2, 0) is 23.1 Å². The van der Waals surface area contributed by atoms with Crippen LogP contribution < -0.4 is 9.64 Å². The maximum Gasteiger partial charge on any atom is 0.270 e. The second-order valence-electron chi connectivity index (χ2n) is 8.26. The number of hydrogen-bond acceptors (Lipinski definition) is 10. The van der Waals surface area contributed by atoms with Crippen molar-refractivity contribution in [3.8, 4) is 5.75 Å². The third-order valence-electron chi connectivity index (χ3n) is 5.99. The highest BCUT2D eigenvalue weighted by Crippen LogP contribution is 2.47. The van der Waals surface area contributed by atoms with E-state index >= 15 is 0 Å². The van der Waals surface area contributed by atoms with Gasteiger partial charge in [-0.15, -0.1) is 10.2 Å². The van der Waals surface area contributed by atoms with Gasteiger partial charge in [0.05, 0.1) is 24.6 Å². The molecule has 0 bridgehead atoms. The highest BCUT2D eigenvalue weighted by molar-refractivity contribution is 6.30. The molecule has 1 aliphatic heterocycles. The third-order valence-corrected chi connectivity index (χ3v) is 6.24. The SMILES string of the molecule is COC(OC)[C@@]1(C)Oc2ccc([N+](=O)[O-])cc2[C@H](N(Cc2nnn(C)n2)c2ccc(Cl)cc2)[C@H]1O. The second kappa shape index (κ2) is 9.74. The number of nitrogens with zero attached hydrogens (tertiary/aromatic N) is 6. The second-order valence-corrected chi connectivity index (χ2v) is 8.69. The molecule has 0 radical (unpaired) electrons. The van der Waals surface area contributed by atoms with Gasteiger partial charge in [0.15, 0.2) is 17.7 Å². The minimum atomic E-state index is -1.38. The normalized spacial score (nSPS) is 21.5. The quantitative estimate of drug-likeness (QED) is 0.276. The Kier molecular flexibility index (Phi) is 6.90. The highest BCUT2D eigenvalue weighted by Gasteiger charge is 2.54. The van der Waals surface area contributed by atoms with Crippen LogP contribution in [0.2, 0.25) is 5.02 Å². The monoisotopic (exact) mass is 504 g/mol. The van der Waals surface area contributed by atoms with Crippen LogP contribution >= 0.6 is 11.6 Å². The number of methoxy groups -OCH3 is 2. The number of tetrazole rings is 1. The summed E-state index contributed by atoms with van der Waals surface area (Å²) >= 11 is 6.12. The number of aryl methyl sites for hydroxylation is 1. The molecule has 4 rings (SSSR count). The number of fused-ring (bicyclic) bond motifs is 1. The van der Waals surface area contributed by atoms with E-state index in [0.717, 1.165) is 0 Å². The maximum atomic E-state index is 11.8. The number of nitro groups is 1. The lowest BCUT2D eigenvalue weighted by atomic mass is 9.83. The molecule has 2 heterocycles. The molecular weight excluding hydrogens is 480 g/mol. The van der Waals surface area contributed by atoms with Crippen LogP contribution in [0.3, 0.4) is 0 Å². The molecular formula is C22H25ClN6O6. The summed E-state index contributed by atoms with van der Waals surface area (Å²) in [4.78, 5) is 14.2. The topological polar surface area (TPSA) is 138 Å². The summed E-state index contributed by atoms with van der Waals surface area (Å²) in [6.07, 6.45) is -2.22. The molecule has 1 aromatic heterocycles. The van der Waals surface area contributed by atoms with Crippen molar-refractivity contribution in [3.05, 3.63) is 69.0 Å². The summed E-state index contributed by atoms with van der Waals surface area (Å²) in [5.74, 6) is 0.725. The number of halogens is 1. The van der Waals surface area contributed by atoms with Crippen molar-refractivity contribution in [1.29, 1.82) is 0 Å². The summed E-state index contributed by atoms with van der Waals surface area (Å²) < 4.78 is 17.1. The Labute approximate surface area is 206 Å². The molecule has 35 heavy (non-hydrogen) atoms. The van der Waals surface area contributed by atoms with Crippen molar-refractivity contribution < 1.29 is 24.2 Å². The van der Waals surface area contributed by atoms with Gasteiger partial charge in [0.1, 0.15) is 11.9 Å². The molecule has 0 fully saturated rings. The fraction of sp³-hybridized carbons (Fsp3) is 0.409. The Morgan fingerprint density at radius 2 is 1.97 bits per heavy atom. The summed E-state index contributed by atoms with van der Waals surface area (Å²) in [5, 5.41) is 36.1. The van der Waals surface area contributed by atoms with E-state index in [-0.39, 0.29) is 12.2 Å². The Morgan fingerprint density at radius 3 is 2.54 bits per heavy atom. The van der Waals surface area contributed by atoms with Crippen molar-refractivity contribution in [3.63, 3.8) is 0 Å². The van der Waals surface area contributed by atoms with Gasteiger partial charge in [-0.3, -0.25) is 10.1 Å². The van der Waals surface area contributed by atoms with E-state index in [1.54, 1.807) is 38.2 Å². The molecule has 1 aliphatic rings. The first-order valence-electron chi connectivity index (χ1n) is 10.6. The Hall–Kier alpha value is -3.32. The number of aliphatic hydroxyl groups is 1. The van der Waals surface area contributed by atoms with Crippen molar-refractivity contribution in [2.75, 3.05) is 19.1 Å². The van der Waals surface area contributed by atoms with Gasteiger partial charge in [-0.05, 0) is 42.5 Å². The Morgan fingerprint density at radius 1 is 1.29 bits per heavy atom. The Bertz CT molecular complexity index is 1200. The molecule has 0 amide bonds. The predicted molar refractivity (Wildman–Crippen MR) is 125 cm³/mol. The average Bonchev–Trinajstić information content (AvgIpc) is 3.24. The molecule has 12 nitrogen and oxygen atoms in total. The molecule has 0 saturated heterocycles. The number of aliphatic hydroxyl groups excluding tert-OH is 1. The fourth-order valence-corrected chi connectivity index (χ4v) is 4.49. The molecule has 0 saturated carbocycles. The van der Waals surface area contributed by atoms with Gasteiger partial charge in [-0.2, -0.15) is 4.80 Å². The van der Waals surface area contributed by atoms with E-state index in [9.17, 15) is 15.2 Å². The van der Waals surface area contributed by atoms with E-state index < -0.39 is 29.0 Å². The first-order valence-corrected chi connectivity index (χ1v) is 11.0. The van der Waals surface area contributed by atoms with Crippen LogP contribution in [0.5, 0.6) is 5.75 Å². The number of ether oxygens (including phenoxy) is 3. The minimum absolute atomic E-state index is 0.125. The van der Waals surface area contributed by atoms with Crippen LogP contribution in [0, 0.1) is 10.1 Å². The van der Waals surface area contributed by atoms with E-state index in [1.807, 2.05) is 4.90 Å². The lowest BCUT2D eigenvalue weighted by Gasteiger charge is -2.49. The number of rotatable bonds is 8. The van der Waals surface area contributed by atoms with E-state index in [2.05, 4.69) is 15.4 Å². The van der Waals surface area contributed by atoms with Crippen LogP contribution in [0.4, 0.5) is 11.4 Å². The maximum absolute atomic E-state index is 11.8. The van der Waals surface area contributed by atoms with Gasteiger partial charge in [-0.25, -0.2) is 0 Å². The van der Waals surface area contributed by atoms with Crippen molar-refractivity contribution in [2.24, 2.45) is 7.05 Å². The lowest BCUT2D eigenvalue weighted by molar-refractivity contribution is -0.385. The molecule has 3 aromatic rings. The first-order chi connectivity index (χ1) is 16.7. The third kappa shape index (κ3) is 4.65. The van der Waals surface area contributed by atoms with Gasteiger partial charge < -0.3 is 24.2 Å². The lowest BCUT2D eigenvalue weighted by Crippen LogP contribution is -2.62. The predicted octanol–water partition coefficient (Wildman–Crippen LogP) is 2.65. The molecule has 0 aliphatic carbocycles. The molecule has 3 atom stereocenters. The highest BCUT2D eigenvalue weighted by atomic mass is 35.5. The first kappa shape index (κ1) is 24.8. The van der Waals surface area contributed by atoms with Gasteiger partial charge in [0.2, 0.25) is 0 Å². The number of benzene rings is 2. The van der Waals surface area contributed by atoms with E-state index in [4.69, 9.17) is 25.8 Å². The number of aromatic nitrogens is 4. The fourth-order valence-electron chi connectivity index (χ4n) is 4.37. The summed E-state index contributed by atoms with van der Waals surface area (Å²) in [6.45, 7) is 1.79. The minimum Gasteiger partial charge on any atom is -0.479 e. The van der Waals surface area contributed by atoms with Gasteiger partial charge in [-0.1, -0.05) is 11.6 Å². The average molecular weight is 505 g/mol. The van der Waals surface area contributed by atoms with Crippen molar-refractivity contribution >= 4 is 23.0 Å². The van der Waals surface area contributed by atoms with Crippen molar-refractivity contribution in [2.45, 2.75) is 37.5 Å². The van der Waals surface area contributed by atoms with Gasteiger partial charge >= 0.3 is 0 Å². The van der Waals surface area contributed by atoms with Crippen LogP contribution in [0.1, 0.15) is 24.4 Å². The number of hydrogen-bond donors (Lipinski definition) is 1. The Balaban J connectivity index is 1.92. The molecule has 186 valence electrons. The van der Waals surface area contributed by atoms with E-state index in [1.165, 1.54) is 37.2 Å². The van der Waals surface area contributed by atoms with Gasteiger partial charge in [0, 0.05) is 42.6 Å². The molecule has 2 aromatic carbocycles. The smallest absolute Gasteiger partial charge is 0.270 e. The molecule has 13 heteroatoms. The molecule has 0 spiro atoms. The van der Waals surface area contributed by atoms with E-state index in [0.29, 0.717) is 27.8 Å². The number of nitro benzene ring substituents is 1. The standard InChI is InChI=1S/C22H25ClN6O6/c1-22(21(33-3)34-4)20(30)19(16-11-15(29(31)32)9-10-17(16)35-22)28(12-18-24-26-27(2)25-18)14-7-5-13(23)6-8-14/h5-11,19-21,30H,12H2,1-4H3/t19-,20+,22-/m0/s1. The summed E-state index contributed by atoms with van der Waals surface area (Å²) in [6, 6.07) is 10.4. The summed E-state index contributed by atoms with van der Waals surface area (Å²) in [5.41, 5.74) is -0.442. The largest absolute Gasteiger partial charge is 0.479 e. The number of anilines is 1. The molecule has 1 N–H and O–H groups in total. The van der Waals surface area contributed by atoms with Crippen LogP contribution in [0.25, 0.3) is 0 Å². The zero-order chi connectivity index (χ0) is 25.3. The van der Waals surface area contributed by atoms with Crippen LogP contribution in [0.15, 0.2) is 42.5 Å². The number of non-ortho nitro benzene ring substituents is 1. The van der Waals surface area contributed by atoms with Gasteiger partial charge in [0.25, 0.3) is 5.69 Å². The molecule has 0 unspecified atom stereocenters. The zero-order valence-corrected chi connectivity index (χ0v) is 20.3. The van der Waals surface area contributed by atoms with Crippen LogP contribution in [-0.4, -0.2) is 62.5 Å². The zero-order valence-electron chi connectivity index (χ0n) is 19.5.